The number of hydrogen-bond donors (Lipinski definition) is 2. The van der Waals surface area contributed by atoms with Crippen molar-refractivity contribution in [3.05, 3.63) is 65.2 Å². The second kappa shape index (κ2) is 15.9. The lowest BCUT2D eigenvalue weighted by Crippen LogP contribution is -2.57. The largest absolute Gasteiger partial charge is 0.373 e. The zero-order chi connectivity index (χ0) is 40.2. The van der Waals surface area contributed by atoms with Gasteiger partial charge in [-0.05, 0) is 96.9 Å². The highest BCUT2D eigenvalue weighted by molar-refractivity contribution is 5.17. The van der Waals surface area contributed by atoms with Gasteiger partial charge in [-0.25, -0.2) is 9.59 Å². The van der Waals surface area contributed by atoms with Gasteiger partial charge in [0, 0.05) is 23.5 Å². The van der Waals surface area contributed by atoms with Gasteiger partial charge in [0.25, 0.3) is 11.1 Å². The van der Waals surface area contributed by atoms with E-state index in [0.29, 0.717) is 11.1 Å². The molecule has 6 rings (SSSR count). The molecule has 2 aromatic heterocycles. The Balaban J connectivity index is 0.000000208. The van der Waals surface area contributed by atoms with E-state index in [1.54, 1.807) is 13.8 Å². The molecule has 0 aromatic carbocycles. The number of aryl methyl sites for hydroxylation is 2. The molecular weight excluding hydrogens is 704 g/mol. The van der Waals surface area contributed by atoms with Gasteiger partial charge in [-0.2, -0.15) is 0 Å². The number of nitrogens with zero attached hydrogens (tertiary/aromatic N) is 2. The summed E-state index contributed by atoms with van der Waals surface area (Å²) in [5.74, 6) is 0. The van der Waals surface area contributed by atoms with Crippen LogP contribution in [0.3, 0.4) is 0 Å². The lowest BCUT2D eigenvalue weighted by Gasteiger charge is -2.41. The third-order valence-electron chi connectivity index (χ3n) is 10.6. The average Bonchev–Trinajstić information content (AvgIpc) is 3.71. The number of ether oxygens (including phenoxy) is 8. The molecule has 6 heterocycles. The Hall–Kier alpha value is -2.96. The second-order valence-electron chi connectivity index (χ2n) is 16.0. The van der Waals surface area contributed by atoms with Crippen molar-refractivity contribution in [2.75, 3.05) is 0 Å². The normalized spacial score (nSPS) is 34.0. The van der Waals surface area contributed by atoms with Crippen LogP contribution in [0.5, 0.6) is 0 Å². The predicted octanol–water partition coefficient (Wildman–Crippen LogP) is 3.01. The average molecular weight is 765 g/mol. The van der Waals surface area contributed by atoms with E-state index >= 15 is 0 Å². The molecule has 12 atom stereocenters. The quantitative estimate of drug-likeness (QED) is 0.323. The van der Waals surface area contributed by atoms with Crippen molar-refractivity contribution >= 4 is 0 Å². The number of hydrogen-bond acceptors (Lipinski definition) is 12. The molecule has 4 saturated heterocycles. The van der Waals surface area contributed by atoms with Crippen LogP contribution in [-0.2, 0) is 37.9 Å². The van der Waals surface area contributed by atoms with Gasteiger partial charge in [0.1, 0.15) is 24.4 Å². The lowest BCUT2D eigenvalue weighted by atomic mass is 9.87. The monoisotopic (exact) mass is 764 g/mol. The molecule has 4 fully saturated rings. The summed E-state index contributed by atoms with van der Waals surface area (Å²) in [6, 6.07) is 0. The summed E-state index contributed by atoms with van der Waals surface area (Å²) in [5, 5.41) is 0. The fourth-order valence-electron chi connectivity index (χ4n) is 8.39. The molecule has 0 saturated carbocycles. The zero-order valence-corrected chi connectivity index (χ0v) is 34.0. The van der Waals surface area contributed by atoms with Gasteiger partial charge >= 0.3 is 11.4 Å². The molecule has 2 N–H and O–H groups in total. The summed E-state index contributed by atoms with van der Waals surface area (Å²) in [4.78, 5) is 53.0. The Bertz CT molecular complexity index is 1730. The Morgan fingerprint density at radius 2 is 0.926 bits per heavy atom. The molecule has 2 aromatic rings. The van der Waals surface area contributed by atoms with Crippen LogP contribution in [-0.4, -0.2) is 104 Å². The Morgan fingerprint density at radius 3 is 1.22 bits per heavy atom. The van der Waals surface area contributed by atoms with Crippen molar-refractivity contribution in [2.45, 2.75) is 194 Å². The minimum atomic E-state index is -0.854. The number of nitrogens with one attached hydrogen (secondary N) is 2. The first-order chi connectivity index (χ1) is 25.1. The second-order valence-corrected chi connectivity index (χ2v) is 16.0. The van der Waals surface area contributed by atoms with Crippen LogP contribution in [0.1, 0.15) is 107 Å². The number of rotatable bonds is 12. The highest BCUT2D eigenvalue weighted by atomic mass is 16.7. The molecule has 16 nitrogen and oxygen atoms in total. The first-order valence-electron chi connectivity index (χ1n) is 19.1. The van der Waals surface area contributed by atoms with Gasteiger partial charge in [0.05, 0.1) is 48.8 Å². The van der Waals surface area contributed by atoms with Gasteiger partial charge in [-0.15, -0.1) is 0 Å². The molecule has 16 heteroatoms. The molecule has 4 bridgehead atoms. The Labute approximate surface area is 315 Å². The molecule has 304 valence electrons. The maximum Gasteiger partial charge on any atom is 0.330 e. The van der Waals surface area contributed by atoms with E-state index < -0.39 is 70.6 Å². The Morgan fingerprint density at radius 1 is 0.593 bits per heavy atom. The van der Waals surface area contributed by atoms with Gasteiger partial charge in [-0.1, -0.05) is 0 Å². The van der Waals surface area contributed by atoms with Crippen LogP contribution < -0.4 is 22.5 Å². The maximum atomic E-state index is 12.4. The molecule has 4 aliphatic rings. The number of fused-ring (bicyclic) bond motifs is 4. The highest BCUT2D eigenvalue weighted by Gasteiger charge is 2.71. The minimum Gasteiger partial charge on any atom is -0.373 e. The van der Waals surface area contributed by atoms with Crippen molar-refractivity contribution in [3.8, 4) is 0 Å². The van der Waals surface area contributed by atoms with E-state index in [1.807, 2.05) is 83.1 Å². The van der Waals surface area contributed by atoms with E-state index in [-0.39, 0.29) is 48.8 Å². The first kappa shape index (κ1) is 42.2. The van der Waals surface area contributed by atoms with Gasteiger partial charge < -0.3 is 37.9 Å². The van der Waals surface area contributed by atoms with Crippen LogP contribution in [0.25, 0.3) is 0 Å². The van der Waals surface area contributed by atoms with Gasteiger partial charge in [0.15, 0.2) is 23.7 Å². The van der Waals surface area contributed by atoms with Gasteiger partial charge in [0.2, 0.25) is 0 Å². The van der Waals surface area contributed by atoms with Crippen molar-refractivity contribution in [1.29, 1.82) is 0 Å². The van der Waals surface area contributed by atoms with Crippen LogP contribution in [0.4, 0.5) is 0 Å². The zero-order valence-electron chi connectivity index (χ0n) is 34.0. The molecule has 4 unspecified atom stereocenters. The van der Waals surface area contributed by atoms with Crippen LogP contribution >= 0.6 is 0 Å². The minimum absolute atomic E-state index is 0.000946. The summed E-state index contributed by atoms with van der Waals surface area (Å²) in [6.45, 7) is 26.7. The van der Waals surface area contributed by atoms with Crippen molar-refractivity contribution in [1.82, 2.24) is 19.1 Å². The van der Waals surface area contributed by atoms with E-state index in [4.69, 9.17) is 37.9 Å². The van der Waals surface area contributed by atoms with E-state index in [0.717, 1.165) is 0 Å². The third kappa shape index (κ3) is 7.48. The molecule has 0 aliphatic carbocycles. The van der Waals surface area contributed by atoms with E-state index in [9.17, 15) is 19.2 Å². The number of H-pyrrole nitrogens is 2. The van der Waals surface area contributed by atoms with Crippen LogP contribution in [0, 0.1) is 13.8 Å². The molecule has 4 aliphatic heterocycles. The summed E-state index contributed by atoms with van der Waals surface area (Å²) < 4.78 is 52.6. The van der Waals surface area contributed by atoms with Crippen molar-refractivity contribution < 1.29 is 37.9 Å². The van der Waals surface area contributed by atoms with Crippen molar-refractivity contribution in [2.24, 2.45) is 0 Å². The first-order valence-corrected chi connectivity index (χ1v) is 19.1. The molecule has 0 amide bonds. The highest BCUT2D eigenvalue weighted by Crippen LogP contribution is 2.54. The number of aromatic amines is 2. The summed E-state index contributed by atoms with van der Waals surface area (Å²) in [6.07, 6.45) is -1.41. The molecule has 0 spiro atoms. The topological polar surface area (TPSA) is 184 Å². The SMILES string of the molecule is Cc1cn(C2OC3([C@@H](C)OC(C)C)[C@H](C)O[C@@H]2[C@@H]3OC(C)C)c(=O)[nH]c1=O.Cc1cn(C2OC3([C@H](C)OC(C)C)[C@H](C)O[C@@H]2[C@@H]3OC(C)C)c(=O)[nH]c1=O. The lowest BCUT2D eigenvalue weighted by molar-refractivity contribution is -0.250. The molecule has 0 radical (unpaired) electrons. The van der Waals surface area contributed by atoms with Gasteiger partial charge in [-0.3, -0.25) is 28.7 Å². The van der Waals surface area contributed by atoms with E-state index in [2.05, 4.69) is 9.97 Å². The van der Waals surface area contributed by atoms with Crippen molar-refractivity contribution in [3.63, 3.8) is 0 Å². The fraction of sp³-hybridized carbons (Fsp3) is 0.789. The summed E-state index contributed by atoms with van der Waals surface area (Å²) in [7, 11) is 0. The fourth-order valence-corrected chi connectivity index (χ4v) is 8.39. The predicted molar refractivity (Wildman–Crippen MR) is 198 cm³/mol. The Kier molecular flexibility index (Phi) is 12.4. The molecular formula is C38H60N4O12. The smallest absolute Gasteiger partial charge is 0.330 e. The molecule has 54 heavy (non-hydrogen) atoms. The van der Waals surface area contributed by atoms with E-state index in [1.165, 1.54) is 21.5 Å². The summed E-state index contributed by atoms with van der Waals surface area (Å²) in [5.41, 5.74) is -2.73. The standard InChI is InChI=1S/2C19H30N2O6/c2*1-9(2)24-12(6)19-13(7)26-14(15(19)25-10(3)4)17(27-19)21-8-11(5)16(22)20-18(21)23/h2*8-10,12-15,17H,1-7H3,(H,20,22,23)/t12-,13+,14-,15+,17?,19?;12-,13-,14+,15-,17?,19?/m10/s1. The van der Waals surface area contributed by atoms with Crippen LogP contribution in [0.15, 0.2) is 31.6 Å². The maximum absolute atomic E-state index is 12.4. The number of aromatic nitrogens is 4. The third-order valence-corrected chi connectivity index (χ3v) is 10.6. The summed E-state index contributed by atoms with van der Waals surface area (Å²) >= 11 is 0. The van der Waals surface area contributed by atoms with Crippen LogP contribution in [0.2, 0.25) is 0 Å².